The van der Waals surface area contributed by atoms with Crippen LogP contribution in [0.4, 0.5) is 5.69 Å². The molecule has 236 valence electrons. The predicted octanol–water partition coefficient (Wildman–Crippen LogP) is 1.33. The van der Waals surface area contributed by atoms with Gasteiger partial charge in [-0.25, -0.2) is 18.5 Å². The molecule has 44 heavy (non-hydrogen) atoms. The van der Waals surface area contributed by atoms with Crippen molar-refractivity contribution in [1.29, 1.82) is 0 Å². The number of aryl methyl sites for hydroxylation is 1. The fourth-order valence-corrected chi connectivity index (χ4v) is 7.52. The third-order valence-corrected chi connectivity index (χ3v) is 10.2. The van der Waals surface area contributed by atoms with Gasteiger partial charge in [0.15, 0.2) is 6.23 Å². The number of aromatic amines is 1. The molecule has 1 fully saturated rings. The fourth-order valence-electron chi connectivity index (χ4n) is 3.81. The maximum absolute atomic E-state index is 12.5. The molecule has 0 saturated carbocycles. The Bertz CT molecular complexity index is 1820. The molecule has 7 unspecified atom stereocenters. The summed E-state index contributed by atoms with van der Waals surface area (Å²) in [5, 5.41) is 22.8. The number of aliphatic hydroxyl groups excluding tert-OH is 2. The quantitative estimate of drug-likeness (QED) is 0.118. The Morgan fingerprint density at radius 3 is 2.25 bits per heavy atom. The highest BCUT2D eigenvalue weighted by atomic mass is 31.3. The Hall–Kier alpha value is -3.19. The summed E-state index contributed by atoms with van der Waals surface area (Å²) in [7, 11) is -16.4. The second-order valence-electron chi connectivity index (χ2n) is 9.27. The number of nitrogens with one attached hydrogen (secondary N) is 2. The molecule has 1 saturated heterocycles. The van der Waals surface area contributed by atoms with E-state index in [0.717, 1.165) is 16.3 Å². The summed E-state index contributed by atoms with van der Waals surface area (Å²) >= 11 is 0. The van der Waals surface area contributed by atoms with Gasteiger partial charge in [-0.1, -0.05) is 47.7 Å². The van der Waals surface area contributed by atoms with Crippen molar-refractivity contribution in [2.24, 2.45) is 0 Å². The second kappa shape index (κ2) is 13.4. The molecule has 0 aliphatic carbocycles. The molecule has 0 spiro atoms. The molecular weight excluding hydrogens is 647 g/mol. The summed E-state index contributed by atoms with van der Waals surface area (Å²) in [5.41, 5.74) is -0.499. The first-order valence-corrected chi connectivity index (χ1v) is 17.0. The molecule has 17 nitrogen and oxygen atoms in total. The number of H-pyrrole nitrogens is 1. The third kappa shape index (κ3) is 8.93. The van der Waals surface area contributed by atoms with Crippen LogP contribution in [-0.4, -0.2) is 59.4 Å². The van der Waals surface area contributed by atoms with Crippen molar-refractivity contribution in [3.63, 3.8) is 0 Å². The summed E-state index contributed by atoms with van der Waals surface area (Å²) in [6.45, 7) is 0.824. The molecule has 0 radical (unpaired) electrons. The van der Waals surface area contributed by atoms with Crippen molar-refractivity contribution >= 4 is 29.1 Å². The van der Waals surface area contributed by atoms with Crippen LogP contribution in [0.2, 0.25) is 0 Å². The lowest BCUT2D eigenvalue weighted by atomic mass is 10.1. The van der Waals surface area contributed by atoms with Gasteiger partial charge in [-0.3, -0.25) is 24.0 Å². The second-order valence-corrected chi connectivity index (χ2v) is 14.0. The van der Waals surface area contributed by atoms with Gasteiger partial charge in [0.05, 0.1) is 6.61 Å². The van der Waals surface area contributed by atoms with E-state index in [2.05, 4.69) is 25.0 Å². The number of rotatable bonds is 10. The van der Waals surface area contributed by atoms with E-state index in [1.807, 2.05) is 17.0 Å². The number of ether oxygens (including phenoxy) is 1. The molecular formula is C24H26N3O14P3. The zero-order valence-corrected chi connectivity index (χ0v) is 25.2. The summed E-state index contributed by atoms with van der Waals surface area (Å²) in [5.74, 6) is 5.36. The number of aromatic nitrogens is 2. The molecule has 4 rings (SSSR count). The predicted molar refractivity (Wildman–Crippen MR) is 152 cm³/mol. The fraction of sp³-hybridized carbons (Fsp3) is 0.250. The van der Waals surface area contributed by atoms with Gasteiger partial charge in [-0.05, 0) is 31.2 Å². The van der Waals surface area contributed by atoms with Crippen LogP contribution in [0.3, 0.4) is 0 Å². The Kier molecular flexibility index (Phi) is 10.3. The highest BCUT2D eigenvalue weighted by Gasteiger charge is 2.47. The SMILES string of the molecule is Cc1ccc(C#Cc2cn(C3OC(COP(=O)(O)OP(=O)(O)OP(=O)(O)Nc4ccccc4)C(O)C3O)c(=O)[nH]c2=O)cc1. The molecule has 20 heteroatoms. The smallest absolute Gasteiger partial charge is 0.387 e. The number of para-hydroxylation sites is 1. The van der Waals surface area contributed by atoms with E-state index in [0.29, 0.717) is 5.56 Å². The van der Waals surface area contributed by atoms with E-state index < -0.39 is 65.8 Å². The minimum Gasteiger partial charge on any atom is -0.387 e. The molecule has 7 N–H and O–H groups in total. The Balaban J connectivity index is 1.42. The Morgan fingerprint density at radius 2 is 1.59 bits per heavy atom. The van der Waals surface area contributed by atoms with Gasteiger partial charge in [0.1, 0.15) is 23.9 Å². The largest absolute Gasteiger partial charge is 0.489 e. The zero-order valence-electron chi connectivity index (χ0n) is 22.5. The number of nitrogens with zero attached hydrogens (tertiary/aromatic N) is 1. The van der Waals surface area contributed by atoms with Gasteiger partial charge in [0.2, 0.25) is 0 Å². The van der Waals surface area contributed by atoms with Gasteiger partial charge in [-0.2, -0.15) is 8.62 Å². The van der Waals surface area contributed by atoms with Gasteiger partial charge >= 0.3 is 29.1 Å². The number of benzene rings is 2. The zero-order chi connectivity index (χ0) is 32.3. The first kappa shape index (κ1) is 33.7. The van der Waals surface area contributed by atoms with Crippen LogP contribution < -0.4 is 16.3 Å². The van der Waals surface area contributed by atoms with Gasteiger partial charge in [-0.15, -0.1) is 0 Å². The topological polar surface area (TPSA) is 256 Å². The monoisotopic (exact) mass is 673 g/mol. The van der Waals surface area contributed by atoms with E-state index in [9.17, 15) is 48.2 Å². The molecule has 0 bridgehead atoms. The summed E-state index contributed by atoms with van der Waals surface area (Å²) in [6.07, 6.45) is -5.95. The molecule has 2 aromatic carbocycles. The van der Waals surface area contributed by atoms with Crippen molar-refractivity contribution in [3.05, 3.63) is 98.3 Å². The number of hydrogen-bond acceptors (Lipinski definition) is 11. The average molecular weight is 673 g/mol. The van der Waals surface area contributed by atoms with E-state index in [4.69, 9.17) is 4.74 Å². The maximum atomic E-state index is 12.5. The van der Waals surface area contributed by atoms with Crippen molar-refractivity contribution in [2.75, 3.05) is 11.7 Å². The van der Waals surface area contributed by atoms with Gasteiger partial charge < -0.3 is 29.6 Å². The van der Waals surface area contributed by atoms with E-state index in [1.54, 1.807) is 30.3 Å². The van der Waals surface area contributed by atoms with Crippen LogP contribution in [0.1, 0.15) is 22.9 Å². The van der Waals surface area contributed by atoms with Crippen LogP contribution in [-0.2, 0) is 31.6 Å². The molecule has 1 aliphatic heterocycles. The number of hydrogen-bond donors (Lipinski definition) is 7. The van der Waals surface area contributed by atoms with Gasteiger partial charge in [0.25, 0.3) is 5.56 Å². The standard InChI is InChI=1S/C24H26N3O14P3/c1-15-7-9-16(10-8-15)11-12-17-13-27(24(31)25-22(17)30)23-21(29)20(28)19(39-23)14-38-43(34,35)41-44(36,37)40-42(32,33)26-18-5-3-2-4-6-18/h2-10,13,19-21,23,28-29H,14H2,1H3,(H,34,35)(H,36,37)(H,25,30,31)(H2,26,32,33). The molecule has 7 atom stereocenters. The normalized spacial score (nSPS) is 23.9. The first-order chi connectivity index (χ1) is 20.5. The lowest BCUT2D eigenvalue weighted by Crippen LogP contribution is -2.38. The van der Waals surface area contributed by atoms with Crippen LogP contribution in [0.25, 0.3) is 0 Å². The third-order valence-electron chi connectivity index (χ3n) is 5.84. The van der Waals surface area contributed by atoms with Crippen molar-refractivity contribution in [2.45, 2.75) is 31.5 Å². The lowest BCUT2D eigenvalue weighted by molar-refractivity contribution is -0.0542. The van der Waals surface area contributed by atoms with Crippen LogP contribution in [0.15, 0.2) is 70.4 Å². The van der Waals surface area contributed by atoms with Gasteiger partial charge in [0, 0.05) is 17.4 Å². The molecule has 3 aromatic rings. The summed E-state index contributed by atoms with van der Waals surface area (Å²) in [4.78, 5) is 56.3. The molecule has 1 aromatic heterocycles. The van der Waals surface area contributed by atoms with Crippen molar-refractivity contribution in [1.82, 2.24) is 9.55 Å². The van der Waals surface area contributed by atoms with Crippen LogP contribution in [0.5, 0.6) is 0 Å². The first-order valence-electron chi connectivity index (χ1n) is 12.4. The number of phosphoric ester groups is 1. The van der Waals surface area contributed by atoms with Crippen molar-refractivity contribution < 1.29 is 56.5 Å². The van der Waals surface area contributed by atoms with E-state index in [-0.39, 0.29) is 11.3 Å². The minimum atomic E-state index is -5.73. The summed E-state index contributed by atoms with van der Waals surface area (Å²) in [6, 6.07) is 14.2. The summed E-state index contributed by atoms with van der Waals surface area (Å²) < 4.78 is 55.5. The highest BCUT2D eigenvalue weighted by Crippen LogP contribution is 2.67. The molecule has 2 heterocycles. The lowest BCUT2D eigenvalue weighted by Gasteiger charge is -2.20. The number of anilines is 1. The maximum Gasteiger partial charge on any atom is 0.489 e. The highest BCUT2D eigenvalue weighted by molar-refractivity contribution is 7.68. The van der Waals surface area contributed by atoms with Crippen molar-refractivity contribution in [3.8, 4) is 11.8 Å². The molecule has 0 amide bonds. The minimum absolute atomic E-state index is 0.00859. The molecule has 1 aliphatic rings. The van der Waals surface area contributed by atoms with Crippen LogP contribution >= 0.6 is 23.4 Å². The number of aliphatic hydroxyl groups is 2. The average Bonchev–Trinajstić information content (AvgIpc) is 3.20. The Morgan fingerprint density at radius 1 is 0.932 bits per heavy atom. The van der Waals surface area contributed by atoms with E-state index in [1.165, 1.54) is 24.3 Å². The van der Waals surface area contributed by atoms with E-state index >= 15 is 0 Å². The Labute approximate surface area is 248 Å². The van der Waals surface area contributed by atoms with Crippen LogP contribution in [0, 0.1) is 18.8 Å². The number of phosphoric acid groups is 2.